The Kier molecular flexibility index (Phi) is 5.14. The van der Waals surface area contributed by atoms with Crippen LogP contribution >= 0.6 is 11.3 Å². The summed E-state index contributed by atoms with van der Waals surface area (Å²) in [5, 5.41) is 2.68. The molecule has 2 aromatic carbocycles. The number of amides is 1. The lowest BCUT2D eigenvalue weighted by Crippen LogP contribution is -2.30. The van der Waals surface area contributed by atoms with E-state index in [1.807, 2.05) is 67.8 Å². The largest absolute Gasteiger partial charge is 0.497 e. The van der Waals surface area contributed by atoms with Gasteiger partial charge < -0.3 is 4.74 Å². The van der Waals surface area contributed by atoms with Gasteiger partial charge in [0.05, 0.1) is 12.8 Å². The van der Waals surface area contributed by atoms with Gasteiger partial charge >= 0.3 is 0 Å². The zero-order valence-corrected chi connectivity index (χ0v) is 15.3. The highest BCUT2D eigenvalue weighted by molar-refractivity contribution is 7.14. The summed E-state index contributed by atoms with van der Waals surface area (Å²) in [6.07, 6.45) is 0. The summed E-state index contributed by atoms with van der Waals surface area (Å²) in [5.41, 5.74) is 3.61. The second-order valence-electron chi connectivity index (χ2n) is 5.66. The maximum Gasteiger partial charge on any atom is 0.260 e. The highest BCUT2D eigenvalue weighted by Crippen LogP contribution is 2.29. The molecule has 1 amide bonds. The minimum atomic E-state index is -0.0261. The van der Waals surface area contributed by atoms with Crippen LogP contribution in [0.15, 0.2) is 53.9 Å². The van der Waals surface area contributed by atoms with Crippen LogP contribution in [0.25, 0.3) is 11.3 Å². The summed E-state index contributed by atoms with van der Waals surface area (Å²) in [4.78, 5) is 19.2. The summed E-state index contributed by atoms with van der Waals surface area (Å²) in [6, 6.07) is 15.4. The number of nitrogens with zero attached hydrogens (tertiary/aromatic N) is 2. The summed E-state index contributed by atoms with van der Waals surface area (Å²) in [6.45, 7) is 4.52. The van der Waals surface area contributed by atoms with E-state index >= 15 is 0 Å². The summed E-state index contributed by atoms with van der Waals surface area (Å²) in [5.74, 6) is 0.783. The lowest BCUT2D eigenvalue weighted by atomic mass is 10.1. The van der Waals surface area contributed by atoms with E-state index in [0.29, 0.717) is 17.2 Å². The highest BCUT2D eigenvalue weighted by Gasteiger charge is 2.19. The summed E-state index contributed by atoms with van der Waals surface area (Å²) < 4.78 is 5.19. The van der Waals surface area contributed by atoms with Crippen LogP contribution in [0, 0.1) is 6.92 Å². The molecule has 0 aliphatic carbocycles. The second-order valence-corrected chi connectivity index (χ2v) is 6.50. The lowest BCUT2D eigenvalue weighted by molar-refractivity contribution is 0.0988. The molecular formula is C20H20N2O2S. The normalized spacial score (nSPS) is 10.5. The molecule has 3 aromatic rings. The fourth-order valence-electron chi connectivity index (χ4n) is 2.58. The van der Waals surface area contributed by atoms with Crippen molar-refractivity contribution in [3.05, 3.63) is 65.0 Å². The van der Waals surface area contributed by atoms with Crippen molar-refractivity contribution in [1.82, 2.24) is 4.98 Å². The molecule has 0 radical (unpaired) electrons. The minimum Gasteiger partial charge on any atom is -0.497 e. The number of aryl methyl sites for hydroxylation is 1. The van der Waals surface area contributed by atoms with E-state index in [0.717, 1.165) is 22.6 Å². The van der Waals surface area contributed by atoms with Gasteiger partial charge in [0.2, 0.25) is 0 Å². The van der Waals surface area contributed by atoms with E-state index in [-0.39, 0.29) is 5.91 Å². The number of hydrogen-bond acceptors (Lipinski definition) is 4. The zero-order chi connectivity index (χ0) is 17.8. The monoisotopic (exact) mass is 352 g/mol. The van der Waals surface area contributed by atoms with Gasteiger partial charge in [0.1, 0.15) is 5.75 Å². The molecule has 0 aliphatic heterocycles. The third kappa shape index (κ3) is 3.72. The van der Waals surface area contributed by atoms with E-state index in [2.05, 4.69) is 4.98 Å². The number of aromatic nitrogens is 1. The van der Waals surface area contributed by atoms with Gasteiger partial charge in [-0.05, 0) is 50.2 Å². The number of carbonyl (C=O) groups is 1. The molecule has 0 bridgehead atoms. The number of rotatable bonds is 5. The molecular weight excluding hydrogens is 332 g/mol. The molecule has 1 aromatic heterocycles. The molecule has 25 heavy (non-hydrogen) atoms. The van der Waals surface area contributed by atoms with Gasteiger partial charge in [0.15, 0.2) is 5.13 Å². The second kappa shape index (κ2) is 7.49. The van der Waals surface area contributed by atoms with Crippen molar-refractivity contribution in [2.24, 2.45) is 0 Å². The molecule has 5 heteroatoms. The molecule has 0 spiro atoms. The minimum absolute atomic E-state index is 0.0261. The van der Waals surface area contributed by atoms with Gasteiger partial charge in [-0.2, -0.15) is 0 Å². The van der Waals surface area contributed by atoms with Crippen molar-refractivity contribution >= 4 is 22.4 Å². The lowest BCUT2D eigenvalue weighted by Gasteiger charge is -2.18. The molecule has 0 saturated heterocycles. The van der Waals surface area contributed by atoms with E-state index < -0.39 is 0 Å². The van der Waals surface area contributed by atoms with E-state index in [9.17, 15) is 4.79 Å². The topological polar surface area (TPSA) is 42.4 Å². The van der Waals surface area contributed by atoms with Gasteiger partial charge in [-0.15, -0.1) is 11.3 Å². The molecule has 3 rings (SSSR count). The molecule has 4 nitrogen and oxygen atoms in total. The molecule has 128 valence electrons. The van der Waals surface area contributed by atoms with Gasteiger partial charge in [0, 0.05) is 23.1 Å². The summed E-state index contributed by atoms with van der Waals surface area (Å²) >= 11 is 1.48. The highest BCUT2D eigenvalue weighted by atomic mass is 32.1. The van der Waals surface area contributed by atoms with Gasteiger partial charge in [-0.25, -0.2) is 4.98 Å². The predicted octanol–water partition coefficient (Wildman–Crippen LogP) is 4.79. The molecule has 0 fully saturated rings. The fourth-order valence-corrected chi connectivity index (χ4v) is 3.48. The maximum absolute atomic E-state index is 12.8. The van der Waals surface area contributed by atoms with Crippen molar-refractivity contribution in [3.63, 3.8) is 0 Å². The van der Waals surface area contributed by atoms with Gasteiger partial charge in [-0.3, -0.25) is 9.69 Å². The fraction of sp³-hybridized carbons (Fsp3) is 0.200. The van der Waals surface area contributed by atoms with E-state index in [1.54, 1.807) is 12.0 Å². The Morgan fingerprint density at radius 2 is 1.96 bits per heavy atom. The predicted molar refractivity (Wildman–Crippen MR) is 103 cm³/mol. The molecule has 1 heterocycles. The van der Waals surface area contributed by atoms with Crippen molar-refractivity contribution in [2.75, 3.05) is 18.6 Å². The van der Waals surface area contributed by atoms with Crippen molar-refractivity contribution in [1.29, 1.82) is 0 Å². The SMILES string of the molecule is CCN(C(=O)c1cccc(C)c1)c1nc(-c2ccc(OC)cc2)cs1. The van der Waals surface area contributed by atoms with E-state index in [1.165, 1.54) is 11.3 Å². The van der Waals surface area contributed by atoms with Crippen LogP contribution in [0.5, 0.6) is 5.75 Å². The average Bonchev–Trinajstić information content (AvgIpc) is 3.12. The Balaban J connectivity index is 1.87. The number of carbonyl (C=O) groups excluding carboxylic acids is 1. The first kappa shape index (κ1) is 17.2. The third-order valence-electron chi connectivity index (χ3n) is 3.94. The Morgan fingerprint density at radius 3 is 2.60 bits per heavy atom. The zero-order valence-electron chi connectivity index (χ0n) is 14.5. The quantitative estimate of drug-likeness (QED) is 0.663. The Morgan fingerprint density at radius 1 is 1.20 bits per heavy atom. The average molecular weight is 352 g/mol. The molecule has 0 aliphatic rings. The number of hydrogen-bond donors (Lipinski definition) is 0. The Bertz CT molecular complexity index is 871. The van der Waals surface area contributed by atoms with Crippen LogP contribution in [-0.4, -0.2) is 24.5 Å². The maximum atomic E-state index is 12.8. The van der Waals surface area contributed by atoms with Crippen LogP contribution in [0.3, 0.4) is 0 Å². The first-order chi connectivity index (χ1) is 12.1. The number of anilines is 1. The van der Waals surface area contributed by atoms with Crippen LogP contribution in [0.4, 0.5) is 5.13 Å². The number of thiazole rings is 1. The third-order valence-corrected chi connectivity index (χ3v) is 4.80. The van der Waals surface area contributed by atoms with Crippen molar-refractivity contribution < 1.29 is 9.53 Å². The first-order valence-corrected chi connectivity index (χ1v) is 8.99. The van der Waals surface area contributed by atoms with E-state index in [4.69, 9.17) is 4.74 Å². The molecule has 0 saturated carbocycles. The first-order valence-electron chi connectivity index (χ1n) is 8.11. The number of ether oxygens (including phenoxy) is 1. The smallest absolute Gasteiger partial charge is 0.260 e. The van der Waals surface area contributed by atoms with Gasteiger partial charge in [-0.1, -0.05) is 17.7 Å². The number of benzene rings is 2. The van der Waals surface area contributed by atoms with Crippen LogP contribution in [0.1, 0.15) is 22.8 Å². The standard InChI is InChI=1S/C20H20N2O2S/c1-4-22(19(23)16-7-5-6-14(2)12-16)20-21-18(13-25-20)15-8-10-17(24-3)11-9-15/h5-13H,4H2,1-3H3. The van der Waals surface area contributed by atoms with Crippen LogP contribution in [0.2, 0.25) is 0 Å². The Hall–Kier alpha value is -2.66. The molecule has 0 unspecified atom stereocenters. The Labute approximate surface area is 151 Å². The van der Waals surface area contributed by atoms with Crippen LogP contribution in [-0.2, 0) is 0 Å². The van der Waals surface area contributed by atoms with Crippen molar-refractivity contribution in [3.8, 4) is 17.0 Å². The number of methoxy groups -OCH3 is 1. The molecule has 0 atom stereocenters. The van der Waals surface area contributed by atoms with Crippen LogP contribution < -0.4 is 9.64 Å². The van der Waals surface area contributed by atoms with Gasteiger partial charge in [0.25, 0.3) is 5.91 Å². The summed E-state index contributed by atoms with van der Waals surface area (Å²) in [7, 11) is 1.64. The van der Waals surface area contributed by atoms with Crippen molar-refractivity contribution in [2.45, 2.75) is 13.8 Å². The molecule has 0 N–H and O–H groups in total.